The summed E-state index contributed by atoms with van der Waals surface area (Å²) in [6, 6.07) is 8.14. The number of hydrogen-bond donors (Lipinski definition) is 0. The van der Waals surface area contributed by atoms with Crippen molar-refractivity contribution >= 4 is 11.6 Å². The van der Waals surface area contributed by atoms with Gasteiger partial charge >= 0.3 is 0 Å². The number of aromatic nitrogens is 2. The van der Waals surface area contributed by atoms with E-state index in [1.54, 1.807) is 0 Å². The van der Waals surface area contributed by atoms with Gasteiger partial charge in [0.05, 0.1) is 0 Å². The lowest BCUT2D eigenvalue weighted by Crippen LogP contribution is -1.98. The summed E-state index contributed by atoms with van der Waals surface area (Å²) in [6.07, 6.45) is 3.18. The van der Waals surface area contributed by atoms with Crippen LogP contribution in [0.1, 0.15) is 23.2 Å². The number of benzene rings is 1. The fourth-order valence-electron chi connectivity index (χ4n) is 2.33. The SMILES string of the molecule is Cc1ccccc1-c1nc(Cl)c2c(n1)CCC2. The summed E-state index contributed by atoms with van der Waals surface area (Å²) in [5, 5.41) is 0.630. The average Bonchev–Trinajstić information content (AvgIpc) is 2.78. The second-order valence-corrected chi connectivity index (χ2v) is 4.79. The third kappa shape index (κ3) is 1.83. The number of halogens is 1. The topological polar surface area (TPSA) is 25.8 Å². The van der Waals surface area contributed by atoms with Crippen molar-refractivity contribution in [3.05, 3.63) is 46.2 Å². The molecule has 0 radical (unpaired) electrons. The molecular weight excluding hydrogens is 232 g/mol. The van der Waals surface area contributed by atoms with Gasteiger partial charge in [-0.3, -0.25) is 0 Å². The summed E-state index contributed by atoms with van der Waals surface area (Å²) in [7, 11) is 0. The van der Waals surface area contributed by atoms with Gasteiger partial charge in [-0.25, -0.2) is 9.97 Å². The van der Waals surface area contributed by atoms with Crippen LogP contribution in [-0.4, -0.2) is 9.97 Å². The first-order chi connectivity index (χ1) is 8.25. The largest absolute Gasteiger partial charge is 0.233 e. The monoisotopic (exact) mass is 244 g/mol. The Hall–Kier alpha value is -1.41. The van der Waals surface area contributed by atoms with Gasteiger partial charge in [0.1, 0.15) is 5.15 Å². The molecule has 0 aliphatic heterocycles. The smallest absolute Gasteiger partial charge is 0.161 e. The summed E-state index contributed by atoms with van der Waals surface area (Å²) in [5.41, 5.74) is 4.53. The Morgan fingerprint density at radius 1 is 1.12 bits per heavy atom. The summed E-state index contributed by atoms with van der Waals surface area (Å²) < 4.78 is 0. The van der Waals surface area contributed by atoms with Crippen LogP contribution in [-0.2, 0) is 12.8 Å². The van der Waals surface area contributed by atoms with E-state index in [9.17, 15) is 0 Å². The second kappa shape index (κ2) is 4.11. The van der Waals surface area contributed by atoms with Crippen molar-refractivity contribution in [1.82, 2.24) is 9.97 Å². The minimum atomic E-state index is 0.630. The molecule has 1 aliphatic rings. The molecule has 86 valence electrons. The Kier molecular flexibility index (Phi) is 2.60. The standard InChI is InChI=1S/C14H13ClN2/c1-9-5-2-3-6-10(9)14-16-12-8-4-7-11(12)13(15)17-14/h2-3,5-6H,4,7-8H2,1H3. The summed E-state index contributed by atoms with van der Waals surface area (Å²) in [6.45, 7) is 2.07. The van der Waals surface area contributed by atoms with Gasteiger partial charge in [-0.1, -0.05) is 35.9 Å². The molecule has 0 fully saturated rings. The first-order valence-electron chi connectivity index (χ1n) is 5.87. The third-order valence-electron chi connectivity index (χ3n) is 3.27. The highest BCUT2D eigenvalue weighted by atomic mass is 35.5. The molecule has 0 spiro atoms. The van der Waals surface area contributed by atoms with E-state index in [1.807, 2.05) is 18.2 Å². The van der Waals surface area contributed by atoms with Gasteiger partial charge in [-0.2, -0.15) is 0 Å². The molecule has 3 heteroatoms. The zero-order valence-electron chi connectivity index (χ0n) is 9.70. The zero-order valence-corrected chi connectivity index (χ0v) is 10.5. The molecule has 0 N–H and O–H groups in total. The van der Waals surface area contributed by atoms with Gasteiger partial charge in [-0.15, -0.1) is 0 Å². The van der Waals surface area contributed by atoms with Crippen LogP contribution in [0.2, 0.25) is 5.15 Å². The molecule has 2 nitrogen and oxygen atoms in total. The molecular formula is C14H13ClN2. The zero-order chi connectivity index (χ0) is 11.8. The van der Waals surface area contributed by atoms with Crippen molar-refractivity contribution in [2.75, 3.05) is 0 Å². The van der Waals surface area contributed by atoms with Gasteiger partial charge in [0.15, 0.2) is 5.82 Å². The molecule has 3 rings (SSSR count). The van der Waals surface area contributed by atoms with Crippen molar-refractivity contribution in [1.29, 1.82) is 0 Å². The highest BCUT2D eigenvalue weighted by molar-refractivity contribution is 6.30. The van der Waals surface area contributed by atoms with Crippen molar-refractivity contribution in [2.24, 2.45) is 0 Å². The van der Waals surface area contributed by atoms with E-state index in [1.165, 1.54) is 5.56 Å². The van der Waals surface area contributed by atoms with Crippen LogP contribution in [0.3, 0.4) is 0 Å². The fraction of sp³-hybridized carbons (Fsp3) is 0.286. The van der Waals surface area contributed by atoms with Crippen LogP contribution in [0.15, 0.2) is 24.3 Å². The van der Waals surface area contributed by atoms with Crippen LogP contribution in [0.4, 0.5) is 0 Å². The number of nitrogens with zero attached hydrogens (tertiary/aromatic N) is 2. The summed E-state index contributed by atoms with van der Waals surface area (Å²) in [5.74, 6) is 0.758. The van der Waals surface area contributed by atoms with E-state index < -0.39 is 0 Å². The van der Waals surface area contributed by atoms with Crippen molar-refractivity contribution in [3.8, 4) is 11.4 Å². The molecule has 0 bridgehead atoms. The van der Waals surface area contributed by atoms with Gasteiger partial charge < -0.3 is 0 Å². The number of hydrogen-bond acceptors (Lipinski definition) is 2. The fourth-order valence-corrected chi connectivity index (χ4v) is 2.61. The highest BCUT2D eigenvalue weighted by Crippen LogP contribution is 2.29. The predicted molar refractivity (Wildman–Crippen MR) is 69.2 cm³/mol. The van der Waals surface area contributed by atoms with E-state index in [2.05, 4.69) is 23.0 Å². The van der Waals surface area contributed by atoms with Crippen LogP contribution >= 0.6 is 11.6 Å². The third-order valence-corrected chi connectivity index (χ3v) is 3.58. The van der Waals surface area contributed by atoms with Gasteiger partial charge in [-0.05, 0) is 31.7 Å². The van der Waals surface area contributed by atoms with Crippen LogP contribution in [0.5, 0.6) is 0 Å². The molecule has 2 aromatic rings. The minimum Gasteiger partial charge on any atom is -0.233 e. The van der Waals surface area contributed by atoms with Crippen molar-refractivity contribution in [3.63, 3.8) is 0 Å². The molecule has 0 amide bonds. The van der Waals surface area contributed by atoms with E-state index in [-0.39, 0.29) is 0 Å². The summed E-state index contributed by atoms with van der Waals surface area (Å²) in [4.78, 5) is 9.08. The van der Waals surface area contributed by atoms with Gasteiger partial charge in [0.2, 0.25) is 0 Å². The maximum atomic E-state index is 6.23. The minimum absolute atomic E-state index is 0.630. The van der Waals surface area contributed by atoms with Crippen LogP contribution in [0, 0.1) is 6.92 Å². The maximum Gasteiger partial charge on any atom is 0.161 e. The normalized spacial score (nSPS) is 13.8. The average molecular weight is 245 g/mol. The summed E-state index contributed by atoms with van der Waals surface area (Å²) >= 11 is 6.23. The Bertz CT molecular complexity index is 578. The van der Waals surface area contributed by atoms with E-state index >= 15 is 0 Å². The highest BCUT2D eigenvalue weighted by Gasteiger charge is 2.19. The Morgan fingerprint density at radius 3 is 2.76 bits per heavy atom. The van der Waals surface area contributed by atoms with Gasteiger partial charge in [0, 0.05) is 16.8 Å². The molecule has 0 atom stereocenters. The first-order valence-corrected chi connectivity index (χ1v) is 6.25. The quantitative estimate of drug-likeness (QED) is 0.717. The Morgan fingerprint density at radius 2 is 1.94 bits per heavy atom. The van der Waals surface area contributed by atoms with Gasteiger partial charge in [0.25, 0.3) is 0 Å². The lowest BCUT2D eigenvalue weighted by atomic mass is 10.1. The molecule has 1 aliphatic carbocycles. The van der Waals surface area contributed by atoms with Crippen LogP contribution in [0.25, 0.3) is 11.4 Å². The molecule has 1 aromatic carbocycles. The lowest BCUT2D eigenvalue weighted by Gasteiger charge is -2.07. The molecule has 17 heavy (non-hydrogen) atoms. The maximum absolute atomic E-state index is 6.23. The van der Waals surface area contributed by atoms with E-state index in [0.717, 1.165) is 41.9 Å². The van der Waals surface area contributed by atoms with Crippen LogP contribution < -0.4 is 0 Å². The number of fused-ring (bicyclic) bond motifs is 1. The molecule has 0 unspecified atom stereocenters. The Balaban J connectivity index is 2.17. The Labute approximate surface area is 106 Å². The van der Waals surface area contributed by atoms with E-state index in [0.29, 0.717) is 5.15 Å². The number of aryl methyl sites for hydroxylation is 2. The molecule has 1 heterocycles. The van der Waals surface area contributed by atoms with E-state index in [4.69, 9.17) is 11.6 Å². The first kappa shape index (κ1) is 10.7. The van der Waals surface area contributed by atoms with Crippen molar-refractivity contribution < 1.29 is 0 Å². The second-order valence-electron chi connectivity index (χ2n) is 4.43. The number of rotatable bonds is 1. The molecule has 0 saturated heterocycles. The lowest BCUT2D eigenvalue weighted by molar-refractivity contribution is 0.900. The van der Waals surface area contributed by atoms with Crippen molar-refractivity contribution in [2.45, 2.75) is 26.2 Å². The molecule has 0 saturated carbocycles. The predicted octanol–water partition coefficient (Wildman–Crippen LogP) is 3.59. The molecule has 1 aromatic heterocycles.